The molecular formula is C9H15FN2O. The predicted octanol–water partition coefficient (Wildman–Crippen LogP) is 0.166. The molecule has 1 amide bonds. The van der Waals surface area contributed by atoms with Crippen LogP contribution in [0, 0.1) is 5.92 Å². The summed E-state index contributed by atoms with van der Waals surface area (Å²) in [7, 11) is 0. The van der Waals surface area contributed by atoms with Gasteiger partial charge in [0.1, 0.15) is 0 Å². The molecule has 0 unspecified atom stereocenters. The molecule has 0 aromatic heterocycles. The highest BCUT2D eigenvalue weighted by Crippen LogP contribution is 2.19. The SMILES string of the molecule is O=C([C@H]1CCCN1)N1CC(CF)C1. The first kappa shape index (κ1) is 8.94. The summed E-state index contributed by atoms with van der Waals surface area (Å²) in [6.45, 7) is 1.89. The molecular weight excluding hydrogens is 171 g/mol. The van der Waals surface area contributed by atoms with E-state index in [1.165, 1.54) is 0 Å². The summed E-state index contributed by atoms with van der Waals surface area (Å²) < 4.78 is 12.1. The van der Waals surface area contributed by atoms with Crippen LogP contribution in [0.2, 0.25) is 0 Å². The molecule has 74 valence electrons. The summed E-state index contributed by atoms with van der Waals surface area (Å²) in [4.78, 5) is 13.4. The first-order valence-corrected chi connectivity index (χ1v) is 4.89. The van der Waals surface area contributed by atoms with Crippen LogP contribution < -0.4 is 5.32 Å². The van der Waals surface area contributed by atoms with E-state index in [0.717, 1.165) is 19.4 Å². The van der Waals surface area contributed by atoms with E-state index in [4.69, 9.17) is 0 Å². The Morgan fingerprint density at radius 1 is 1.54 bits per heavy atom. The molecule has 2 aliphatic rings. The Hall–Kier alpha value is -0.640. The molecule has 1 atom stereocenters. The van der Waals surface area contributed by atoms with Crippen LogP contribution in [0.4, 0.5) is 4.39 Å². The third kappa shape index (κ3) is 1.68. The molecule has 0 saturated carbocycles. The maximum absolute atomic E-state index is 12.1. The van der Waals surface area contributed by atoms with E-state index in [2.05, 4.69) is 5.32 Å². The van der Waals surface area contributed by atoms with Crippen molar-refractivity contribution in [1.82, 2.24) is 10.2 Å². The molecule has 0 aliphatic carbocycles. The minimum atomic E-state index is -0.290. The number of amides is 1. The van der Waals surface area contributed by atoms with E-state index in [1.54, 1.807) is 4.90 Å². The highest BCUT2D eigenvalue weighted by atomic mass is 19.1. The second-order valence-corrected chi connectivity index (χ2v) is 3.91. The van der Waals surface area contributed by atoms with Crippen molar-refractivity contribution in [2.75, 3.05) is 26.3 Å². The third-order valence-electron chi connectivity index (χ3n) is 2.85. The average molecular weight is 186 g/mol. The largest absolute Gasteiger partial charge is 0.340 e. The normalized spacial score (nSPS) is 29.0. The molecule has 2 heterocycles. The van der Waals surface area contributed by atoms with Gasteiger partial charge >= 0.3 is 0 Å². The van der Waals surface area contributed by atoms with Crippen molar-refractivity contribution in [2.45, 2.75) is 18.9 Å². The van der Waals surface area contributed by atoms with Gasteiger partial charge in [-0.2, -0.15) is 0 Å². The molecule has 13 heavy (non-hydrogen) atoms. The van der Waals surface area contributed by atoms with Gasteiger partial charge in [0.05, 0.1) is 12.7 Å². The molecule has 3 nitrogen and oxygen atoms in total. The van der Waals surface area contributed by atoms with Gasteiger partial charge in [-0.25, -0.2) is 0 Å². The number of rotatable bonds is 2. The van der Waals surface area contributed by atoms with Crippen LogP contribution in [0.5, 0.6) is 0 Å². The third-order valence-corrected chi connectivity index (χ3v) is 2.85. The van der Waals surface area contributed by atoms with Crippen molar-refractivity contribution in [1.29, 1.82) is 0 Å². The number of carbonyl (C=O) groups excluding carboxylic acids is 1. The number of hydrogen-bond donors (Lipinski definition) is 1. The van der Waals surface area contributed by atoms with Gasteiger partial charge in [-0.15, -0.1) is 0 Å². The molecule has 4 heteroatoms. The van der Waals surface area contributed by atoms with Crippen LogP contribution in [0.15, 0.2) is 0 Å². The van der Waals surface area contributed by atoms with Crippen LogP contribution in [0.1, 0.15) is 12.8 Å². The second-order valence-electron chi connectivity index (χ2n) is 3.91. The van der Waals surface area contributed by atoms with Gasteiger partial charge in [-0.1, -0.05) is 0 Å². The Labute approximate surface area is 77.3 Å². The van der Waals surface area contributed by atoms with Crippen molar-refractivity contribution in [3.63, 3.8) is 0 Å². The molecule has 1 N–H and O–H groups in total. The van der Waals surface area contributed by atoms with Gasteiger partial charge in [0.2, 0.25) is 5.91 Å². The van der Waals surface area contributed by atoms with Gasteiger partial charge in [0, 0.05) is 19.0 Å². The van der Waals surface area contributed by atoms with Gasteiger partial charge < -0.3 is 10.2 Å². The minimum Gasteiger partial charge on any atom is -0.340 e. The highest BCUT2D eigenvalue weighted by Gasteiger charge is 2.35. The predicted molar refractivity (Wildman–Crippen MR) is 47.1 cm³/mol. The molecule has 2 rings (SSSR count). The zero-order chi connectivity index (χ0) is 9.26. The Bertz CT molecular complexity index is 198. The van der Waals surface area contributed by atoms with Crippen molar-refractivity contribution in [2.24, 2.45) is 5.92 Å². The lowest BCUT2D eigenvalue weighted by Gasteiger charge is -2.39. The summed E-state index contributed by atoms with van der Waals surface area (Å²) in [6.07, 6.45) is 2.02. The number of likely N-dealkylation sites (tertiary alicyclic amines) is 1. The first-order chi connectivity index (χ1) is 6.31. The van der Waals surface area contributed by atoms with E-state index in [1.807, 2.05) is 0 Å². The van der Waals surface area contributed by atoms with Crippen LogP contribution in [0.3, 0.4) is 0 Å². The van der Waals surface area contributed by atoms with Gasteiger partial charge in [-0.3, -0.25) is 9.18 Å². The van der Waals surface area contributed by atoms with Crippen molar-refractivity contribution < 1.29 is 9.18 Å². The molecule has 0 bridgehead atoms. The minimum absolute atomic E-state index is 0.0144. The van der Waals surface area contributed by atoms with E-state index in [-0.39, 0.29) is 24.5 Å². The van der Waals surface area contributed by atoms with Gasteiger partial charge in [0.15, 0.2) is 0 Å². The lowest BCUT2D eigenvalue weighted by Crippen LogP contribution is -2.55. The average Bonchev–Trinajstić information content (AvgIpc) is 2.53. The van der Waals surface area contributed by atoms with Gasteiger partial charge in [-0.05, 0) is 19.4 Å². The number of nitrogens with one attached hydrogen (secondary N) is 1. The second kappa shape index (κ2) is 3.62. The Kier molecular flexibility index (Phi) is 2.49. The summed E-state index contributed by atoms with van der Waals surface area (Å²) in [5, 5.41) is 3.15. The lowest BCUT2D eigenvalue weighted by atomic mass is 10.0. The van der Waals surface area contributed by atoms with E-state index in [9.17, 15) is 9.18 Å². The zero-order valence-corrected chi connectivity index (χ0v) is 7.63. The Morgan fingerprint density at radius 3 is 2.85 bits per heavy atom. The number of hydrogen-bond acceptors (Lipinski definition) is 2. The maximum Gasteiger partial charge on any atom is 0.239 e. The zero-order valence-electron chi connectivity index (χ0n) is 7.63. The molecule has 0 spiro atoms. The van der Waals surface area contributed by atoms with Crippen LogP contribution >= 0.6 is 0 Å². The van der Waals surface area contributed by atoms with Crippen molar-refractivity contribution in [3.05, 3.63) is 0 Å². The van der Waals surface area contributed by atoms with Crippen LogP contribution in [-0.2, 0) is 4.79 Å². The molecule has 0 aromatic rings. The fourth-order valence-electron chi connectivity index (χ4n) is 1.96. The summed E-state index contributed by atoms with van der Waals surface area (Å²) in [5.41, 5.74) is 0. The number of carbonyl (C=O) groups is 1. The lowest BCUT2D eigenvalue weighted by molar-refractivity contribution is -0.139. The number of nitrogens with zero attached hydrogens (tertiary/aromatic N) is 1. The smallest absolute Gasteiger partial charge is 0.239 e. The quantitative estimate of drug-likeness (QED) is 0.666. The van der Waals surface area contributed by atoms with E-state index < -0.39 is 0 Å². The Balaban J connectivity index is 1.78. The molecule has 0 aromatic carbocycles. The fraction of sp³-hybridized carbons (Fsp3) is 0.889. The maximum atomic E-state index is 12.1. The fourth-order valence-corrected chi connectivity index (χ4v) is 1.96. The van der Waals surface area contributed by atoms with Crippen LogP contribution in [-0.4, -0.2) is 43.2 Å². The highest BCUT2D eigenvalue weighted by molar-refractivity contribution is 5.82. The number of halogens is 1. The van der Waals surface area contributed by atoms with Crippen molar-refractivity contribution >= 4 is 5.91 Å². The Morgan fingerprint density at radius 2 is 2.31 bits per heavy atom. The number of alkyl halides is 1. The van der Waals surface area contributed by atoms with E-state index >= 15 is 0 Å². The first-order valence-electron chi connectivity index (χ1n) is 4.89. The van der Waals surface area contributed by atoms with E-state index in [0.29, 0.717) is 13.1 Å². The van der Waals surface area contributed by atoms with Crippen molar-refractivity contribution in [3.8, 4) is 0 Å². The topological polar surface area (TPSA) is 32.3 Å². The van der Waals surface area contributed by atoms with Gasteiger partial charge in [0.25, 0.3) is 0 Å². The summed E-state index contributed by atoms with van der Waals surface area (Å²) in [5.74, 6) is 0.271. The standard InChI is InChI=1S/C9H15FN2O/c10-4-7-5-12(6-7)9(13)8-2-1-3-11-8/h7-8,11H,1-6H2/t8-/m1/s1. The summed E-state index contributed by atoms with van der Waals surface area (Å²) >= 11 is 0. The van der Waals surface area contributed by atoms with Crippen LogP contribution in [0.25, 0.3) is 0 Å². The summed E-state index contributed by atoms with van der Waals surface area (Å²) in [6, 6.07) is 0.0144. The molecule has 2 aliphatic heterocycles. The molecule has 2 fully saturated rings. The monoisotopic (exact) mass is 186 g/mol. The molecule has 0 radical (unpaired) electrons. The molecule has 2 saturated heterocycles.